The maximum atomic E-state index is 10.5. The van der Waals surface area contributed by atoms with E-state index in [1.807, 2.05) is 0 Å². The summed E-state index contributed by atoms with van der Waals surface area (Å²) in [6.45, 7) is 0. The zero-order valence-corrected chi connectivity index (χ0v) is 11.6. The van der Waals surface area contributed by atoms with Crippen LogP contribution < -0.4 is 9.47 Å². The minimum Gasteiger partial charge on any atom is -0.493 e. The number of rotatable bonds is 6. The normalized spacial score (nSPS) is 10.3. The molecule has 0 fully saturated rings. The molecule has 7 nitrogen and oxygen atoms in total. The predicted octanol–water partition coefficient (Wildman–Crippen LogP) is 1.93. The molecule has 0 unspecified atom stereocenters. The molecule has 2 rings (SSSR count). The number of hydrogen-bond acceptors (Lipinski definition) is 7. The molecule has 2 aromatic rings. The van der Waals surface area contributed by atoms with E-state index in [1.54, 1.807) is 18.2 Å². The van der Waals surface area contributed by atoms with Gasteiger partial charge in [0.15, 0.2) is 11.5 Å². The third kappa shape index (κ3) is 3.02. The molecule has 1 aromatic heterocycles. The topological polar surface area (TPSA) is 94.7 Å². The second-order valence-electron chi connectivity index (χ2n) is 3.60. The maximum absolute atomic E-state index is 10.5. The van der Waals surface area contributed by atoms with Crippen LogP contribution in [0.4, 0.5) is 0 Å². The van der Waals surface area contributed by atoms with E-state index in [0.29, 0.717) is 17.1 Å². The number of para-hydroxylation sites is 1. The molecular weight excluding hydrogens is 284 g/mol. The van der Waals surface area contributed by atoms with E-state index in [2.05, 4.69) is 10.2 Å². The van der Waals surface area contributed by atoms with Gasteiger partial charge in [0, 0.05) is 0 Å². The van der Waals surface area contributed by atoms with E-state index in [4.69, 9.17) is 19.0 Å². The fourth-order valence-electron chi connectivity index (χ4n) is 1.56. The fraction of sp³-hybridized carbons (Fsp3) is 0.250. The number of hydrogen-bond donors (Lipinski definition) is 1. The molecule has 0 saturated carbocycles. The molecule has 0 aliphatic rings. The van der Waals surface area contributed by atoms with Crippen LogP contribution in [0.2, 0.25) is 0 Å². The number of thioether (sulfide) groups is 1. The van der Waals surface area contributed by atoms with E-state index in [9.17, 15) is 4.79 Å². The lowest BCUT2D eigenvalue weighted by molar-refractivity contribution is -0.133. The molecular formula is C12H12N2O5S. The van der Waals surface area contributed by atoms with Crippen LogP contribution in [0.15, 0.2) is 27.8 Å². The number of carbonyl (C=O) groups is 1. The van der Waals surface area contributed by atoms with Crippen molar-refractivity contribution in [3.63, 3.8) is 0 Å². The van der Waals surface area contributed by atoms with Gasteiger partial charge >= 0.3 is 5.97 Å². The summed E-state index contributed by atoms with van der Waals surface area (Å²) in [7, 11) is 3.04. The molecule has 1 N–H and O–H groups in total. The van der Waals surface area contributed by atoms with Gasteiger partial charge in [0.25, 0.3) is 11.1 Å². The number of ether oxygens (including phenoxy) is 2. The first-order valence-electron chi connectivity index (χ1n) is 5.55. The second-order valence-corrected chi connectivity index (χ2v) is 4.52. The molecule has 0 saturated heterocycles. The van der Waals surface area contributed by atoms with Crippen molar-refractivity contribution in [2.24, 2.45) is 0 Å². The molecule has 0 bridgehead atoms. The molecule has 1 aromatic carbocycles. The lowest BCUT2D eigenvalue weighted by Crippen LogP contribution is -1.97. The molecule has 0 radical (unpaired) electrons. The van der Waals surface area contributed by atoms with Crippen molar-refractivity contribution < 1.29 is 23.8 Å². The Balaban J connectivity index is 2.30. The van der Waals surface area contributed by atoms with Gasteiger partial charge in [0.1, 0.15) is 5.75 Å². The second kappa shape index (κ2) is 6.29. The van der Waals surface area contributed by atoms with Gasteiger partial charge in [0.2, 0.25) is 0 Å². The molecule has 106 valence electrons. The highest BCUT2D eigenvalue weighted by atomic mass is 32.2. The number of carboxylic acids is 1. The van der Waals surface area contributed by atoms with Crippen LogP contribution in [-0.4, -0.2) is 41.2 Å². The van der Waals surface area contributed by atoms with Crippen molar-refractivity contribution >= 4 is 17.7 Å². The highest BCUT2D eigenvalue weighted by Gasteiger charge is 2.17. The van der Waals surface area contributed by atoms with Crippen molar-refractivity contribution in [3.8, 4) is 23.0 Å². The van der Waals surface area contributed by atoms with E-state index in [1.165, 1.54) is 14.2 Å². The first-order chi connectivity index (χ1) is 9.65. The highest BCUT2D eigenvalue weighted by Crippen LogP contribution is 2.37. The third-order valence-electron chi connectivity index (χ3n) is 2.36. The van der Waals surface area contributed by atoms with Crippen molar-refractivity contribution in [2.45, 2.75) is 5.22 Å². The number of nitrogens with zero attached hydrogens (tertiary/aromatic N) is 2. The third-order valence-corrected chi connectivity index (χ3v) is 3.16. The zero-order valence-electron chi connectivity index (χ0n) is 10.8. The summed E-state index contributed by atoms with van der Waals surface area (Å²) in [4.78, 5) is 10.5. The Morgan fingerprint density at radius 3 is 2.80 bits per heavy atom. The molecule has 0 spiro atoms. The van der Waals surface area contributed by atoms with Crippen molar-refractivity contribution in [3.05, 3.63) is 18.2 Å². The summed E-state index contributed by atoms with van der Waals surface area (Å²) in [6, 6.07) is 5.27. The quantitative estimate of drug-likeness (QED) is 0.808. The summed E-state index contributed by atoms with van der Waals surface area (Å²) in [5.41, 5.74) is 0.585. The maximum Gasteiger partial charge on any atom is 0.314 e. The SMILES string of the molecule is COc1cccc(-c2nnc(SCC(=O)O)o2)c1OC. The Hall–Kier alpha value is -2.22. The van der Waals surface area contributed by atoms with Crippen molar-refractivity contribution in [2.75, 3.05) is 20.0 Å². The summed E-state index contributed by atoms with van der Waals surface area (Å²) in [5.74, 6) is 0.176. The highest BCUT2D eigenvalue weighted by molar-refractivity contribution is 7.99. The largest absolute Gasteiger partial charge is 0.493 e. The van der Waals surface area contributed by atoms with E-state index in [0.717, 1.165) is 11.8 Å². The van der Waals surface area contributed by atoms with Crippen LogP contribution in [0.3, 0.4) is 0 Å². The first-order valence-corrected chi connectivity index (χ1v) is 6.53. The predicted molar refractivity (Wildman–Crippen MR) is 71.2 cm³/mol. The van der Waals surface area contributed by atoms with Gasteiger partial charge in [-0.05, 0) is 12.1 Å². The van der Waals surface area contributed by atoms with Crippen LogP contribution >= 0.6 is 11.8 Å². The molecule has 0 amide bonds. The molecule has 1 heterocycles. The first kappa shape index (κ1) is 14.2. The van der Waals surface area contributed by atoms with Gasteiger partial charge in [-0.25, -0.2) is 0 Å². The fourth-order valence-corrected chi connectivity index (χ4v) is 2.04. The number of methoxy groups -OCH3 is 2. The van der Waals surface area contributed by atoms with Gasteiger partial charge in [-0.2, -0.15) is 0 Å². The average molecular weight is 296 g/mol. The Bertz CT molecular complexity index is 614. The van der Waals surface area contributed by atoms with Gasteiger partial charge in [0.05, 0.1) is 19.8 Å². The standard InChI is InChI=1S/C12H12N2O5S/c1-17-8-5-3-4-7(10(8)18-2)11-13-14-12(19-11)20-6-9(15)16/h3-5H,6H2,1-2H3,(H,15,16). The van der Waals surface area contributed by atoms with Gasteiger partial charge < -0.3 is 19.0 Å². The average Bonchev–Trinajstić information content (AvgIpc) is 2.92. The molecule has 8 heteroatoms. The summed E-state index contributed by atoms with van der Waals surface area (Å²) < 4.78 is 15.9. The minimum atomic E-state index is -0.950. The van der Waals surface area contributed by atoms with Gasteiger partial charge in [-0.3, -0.25) is 4.79 Å². The van der Waals surface area contributed by atoms with Crippen LogP contribution in [0.5, 0.6) is 11.5 Å². The molecule has 20 heavy (non-hydrogen) atoms. The summed E-state index contributed by atoms with van der Waals surface area (Å²) >= 11 is 0.956. The number of carboxylic acid groups (broad SMARTS) is 1. The lowest BCUT2D eigenvalue weighted by atomic mass is 10.2. The Labute approximate surface area is 118 Å². The van der Waals surface area contributed by atoms with Crippen LogP contribution in [0.1, 0.15) is 0 Å². The summed E-state index contributed by atoms with van der Waals surface area (Å²) in [6.07, 6.45) is 0. The Kier molecular flexibility index (Phi) is 4.46. The number of aliphatic carboxylic acids is 1. The lowest BCUT2D eigenvalue weighted by Gasteiger charge is -2.09. The smallest absolute Gasteiger partial charge is 0.314 e. The zero-order chi connectivity index (χ0) is 14.5. The van der Waals surface area contributed by atoms with Crippen LogP contribution in [0.25, 0.3) is 11.5 Å². The van der Waals surface area contributed by atoms with Gasteiger partial charge in [-0.1, -0.05) is 17.8 Å². The number of aromatic nitrogens is 2. The molecule has 0 aliphatic heterocycles. The van der Waals surface area contributed by atoms with Gasteiger partial charge in [-0.15, -0.1) is 10.2 Å². The Morgan fingerprint density at radius 1 is 1.35 bits per heavy atom. The monoisotopic (exact) mass is 296 g/mol. The van der Waals surface area contributed by atoms with Crippen molar-refractivity contribution in [1.29, 1.82) is 0 Å². The molecule has 0 aliphatic carbocycles. The minimum absolute atomic E-state index is 0.142. The Morgan fingerprint density at radius 2 is 2.15 bits per heavy atom. The van der Waals surface area contributed by atoms with E-state index in [-0.39, 0.29) is 16.9 Å². The molecule has 0 atom stereocenters. The summed E-state index contributed by atoms with van der Waals surface area (Å²) in [5, 5.41) is 16.5. The van der Waals surface area contributed by atoms with Crippen molar-refractivity contribution in [1.82, 2.24) is 10.2 Å². The van der Waals surface area contributed by atoms with Crippen LogP contribution in [-0.2, 0) is 4.79 Å². The van der Waals surface area contributed by atoms with Crippen LogP contribution in [0, 0.1) is 0 Å². The number of benzene rings is 1. The van der Waals surface area contributed by atoms with E-state index >= 15 is 0 Å². The van der Waals surface area contributed by atoms with E-state index < -0.39 is 5.97 Å².